The summed E-state index contributed by atoms with van der Waals surface area (Å²) >= 11 is 0. The van der Waals surface area contributed by atoms with E-state index in [0.29, 0.717) is 18.7 Å². The van der Waals surface area contributed by atoms with Crippen molar-refractivity contribution in [3.05, 3.63) is 29.8 Å². The quantitative estimate of drug-likeness (QED) is 0.612. The SMILES string of the molecule is COCCCNC(=O)C(C)Nc1ccc(C(N)=O)cc1. The largest absolute Gasteiger partial charge is 0.385 e. The molecular weight excluding hydrogens is 258 g/mol. The molecule has 0 fully saturated rings. The van der Waals surface area contributed by atoms with Crippen LogP contribution in [-0.4, -0.2) is 38.1 Å². The summed E-state index contributed by atoms with van der Waals surface area (Å²) < 4.78 is 4.91. The first-order valence-electron chi connectivity index (χ1n) is 6.47. The number of nitrogens with one attached hydrogen (secondary N) is 2. The first-order chi connectivity index (χ1) is 9.54. The van der Waals surface area contributed by atoms with Crippen molar-refractivity contribution >= 4 is 17.5 Å². The number of amides is 2. The summed E-state index contributed by atoms with van der Waals surface area (Å²) in [4.78, 5) is 22.7. The molecule has 1 aromatic carbocycles. The number of primary amides is 1. The Morgan fingerprint density at radius 1 is 1.30 bits per heavy atom. The zero-order valence-electron chi connectivity index (χ0n) is 11.8. The van der Waals surface area contributed by atoms with Gasteiger partial charge in [0.1, 0.15) is 6.04 Å². The van der Waals surface area contributed by atoms with Crippen molar-refractivity contribution in [2.24, 2.45) is 5.73 Å². The standard InChI is InChI=1S/C14H21N3O3/c1-10(14(19)16-8-3-9-20-2)17-12-6-4-11(5-7-12)13(15)18/h4-7,10,17H,3,8-9H2,1-2H3,(H2,15,18)(H,16,19). The van der Waals surface area contributed by atoms with Crippen molar-refractivity contribution in [3.8, 4) is 0 Å². The molecule has 110 valence electrons. The predicted octanol–water partition coefficient (Wildman–Crippen LogP) is 0.739. The second kappa shape index (κ2) is 8.16. The molecule has 0 aromatic heterocycles. The minimum Gasteiger partial charge on any atom is -0.385 e. The first kappa shape index (κ1) is 16.0. The molecule has 0 saturated heterocycles. The lowest BCUT2D eigenvalue weighted by Crippen LogP contribution is -2.38. The molecule has 1 rings (SSSR count). The lowest BCUT2D eigenvalue weighted by atomic mass is 10.2. The summed E-state index contributed by atoms with van der Waals surface area (Å²) in [5.74, 6) is -0.555. The zero-order valence-corrected chi connectivity index (χ0v) is 11.8. The van der Waals surface area contributed by atoms with Gasteiger partial charge in [0.2, 0.25) is 11.8 Å². The number of carbonyl (C=O) groups is 2. The number of methoxy groups -OCH3 is 1. The Hall–Kier alpha value is -2.08. The fraction of sp³-hybridized carbons (Fsp3) is 0.429. The van der Waals surface area contributed by atoms with Crippen LogP contribution in [0.5, 0.6) is 0 Å². The fourth-order valence-electron chi connectivity index (χ4n) is 1.63. The molecule has 4 N–H and O–H groups in total. The molecule has 0 radical (unpaired) electrons. The maximum Gasteiger partial charge on any atom is 0.248 e. The van der Waals surface area contributed by atoms with Crippen LogP contribution >= 0.6 is 0 Å². The molecule has 0 aliphatic heterocycles. The van der Waals surface area contributed by atoms with Crippen molar-refractivity contribution in [2.45, 2.75) is 19.4 Å². The summed E-state index contributed by atoms with van der Waals surface area (Å²) in [6.07, 6.45) is 0.780. The van der Waals surface area contributed by atoms with Gasteiger partial charge in [-0.05, 0) is 37.6 Å². The van der Waals surface area contributed by atoms with Crippen LogP contribution in [0.25, 0.3) is 0 Å². The molecular formula is C14H21N3O3. The summed E-state index contributed by atoms with van der Waals surface area (Å²) in [5.41, 5.74) is 6.36. The monoisotopic (exact) mass is 279 g/mol. The third-order valence-corrected chi connectivity index (χ3v) is 2.77. The van der Waals surface area contributed by atoms with Crippen LogP contribution in [-0.2, 0) is 9.53 Å². The van der Waals surface area contributed by atoms with E-state index in [1.807, 2.05) is 0 Å². The van der Waals surface area contributed by atoms with Crippen LogP contribution < -0.4 is 16.4 Å². The van der Waals surface area contributed by atoms with E-state index in [9.17, 15) is 9.59 Å². The smallest absolute Gasteiger partial charge is 0.248 e. The number of carbonyl (C=O) groups excluding carboxylic acids is 2. The molecule has 20 heavy (non-hydrogen) atoms. The normalized spacial score (nSPS) is 11.7. The number of nitrogens with two attached hydrogens (primary N) is 1. The molecule has 0 aliphatic carbocycles. The van der Waals surface area contributed by atoms with Crippen LogP contribution in [0.3, 0.4) is 0 Å². The molecule has 1 atom stereocenters. The number of ether oxygens (including phenoxy) is 1. The van der Waals surface area contributed by atoms with Gasteiger partial charge in [-0.15, -0.1) is 0 Å². The number of hydrogen-bond acceptors (Lipinski definition) is 4. The minimum absolute atomic E-state index is 0.0833. The summed E-state index contributed by atoms with van der Waals surface area (Å²) in [7, 11) is 1.63. The van der Waals surface area contributed by atoms with Gasteiger partial charge >= 0.3 is 0 Å². The Balaban J connectivity index is 2.42. The highest BCUT2D eigenvalue weighted by molar-refractivity contribution is 5.93. The van der Waals surface area contributed by atoms with Crippen molar-refractivity contribution in [1.29, 1.82) is 0 Å². The Morgan fingerprint density at radius 2 is 1.95 bits per heavy atom. The van der Waals surface area contributed by atoms with Gasteiger partial charge in [0.25, 0.3) is 0 Å². The molecule has 1 aromatic rings. The van der Waals surface area contributed by atoms with Gasteiger partial charge in [-0.1, -0.05) is 0 Å². The van der Waals surface area contributed by atoms with Crippen molar-refractivity contribution in [3.63, 3.8) is 0 Å². The third kappa shape index (κ3) is 5.27. The second-order valence-corrected chi connectivity index (χ2v) is 4.45. The molecule has 6 heteroatoms. The van der Waals surface area contributed by atoms with E-state index in [0.717, 1.165) is 12.1 Å². The Morgan fingerprint density at radius 3 is 2.50 bits per heavy atom. The molecule has 6 nitrogen and oxygen atoms in total. The number of anilines is 1. The lowest BCUT2D eigenvalue weighted by molar-refractivity contribution is -0.121. The van der Waals surface area contributed by atoms with Gasteiger partial charge in [-0.3, -0.25) is 9.59 Å². The van der Waals surface area contributed by atoms with E-state index >= 15 is 0 Å². The highest BCUT2D eigenvalue weighted by Crippen LogP contribution is 2.10. The van der Waals surface area contributed by atoms with Gasteiger partial charge in [-0.2, -0.15) is 0 Å². The Bertz CT molecular complexity index is 445. The Kier molecular flexibility index (Phi) is 6.52. The first-order valence-corrected chi connectivity index (χ1v) is 6.47. The van der Waals surface area contributed by atoms with E-state index in [1.54, 1.807) is 38.3 Å². The van der Waals surface area contributed by atoms with Crippen LogP contribution in [0.4, 0.5) is 5.69 Å². The van der Waals surface area contributed by atoms with Gasteiger partial charge in [0.15, 0.2) is 0 Å². The van der Waals surface area contributed by atoms with E-state index < -0.39 is 5.91 Å². The molecule has 0 bridgehead atoms. The zero-order chi connectivity index (χ0) is 15.0. The second-order valence-electron chi connectivity index (χ2n) is 4.45. The molecule has 0 saturated carbocycles. The summed E-state index contributed by atoms with van der Waals surface area (Å²) in [6.45, 7) is 2.98. The number of benzene rings is 1. The topological polar surface area (TPSA) is 93.4 Å². The molecule has 0 heterocycles. The van der Waals surface area contributed by atoms with Gasteiger partial charge in [0, 0.05) is 31.5 Å². The average Bonchev–Trinajstić information content (AvgIpc) is 2.44. The minimum atomic E-state index is -0.472. The molecule has 2 amide bonds. The molecule has 0 spiro atoms. The lowest BCUT2D eigenvalue weighted by Gasteiger charge is -2.15. The highest BCUT2D eigenvalue weighted by Gasteiger charge is 2.11. The maximum atomic E-state index is 11.8. The van der Waals surface area contributed by atoms with Crippen LogP contribution in [0.2, 0.25) is 0 Å². The van der Waals surface area contributed by atoms with Gasteiger partial charge in [-0.25, -0.2) is 0 Å². The number of rotatable bonds is 8. The summed E-state index contributed by atoms with van der Waals surface area (Å²) in [6, 6.07) is 6.31. The molecule has 0 aliphatic rings. The van der Waals surface area contributed by atoms with Crippen LogP contribution in [0, 0.1) is 0 Å². The van der Waals surface area contributed by atoms with Crippen molar-refractivity contribution in [2.75, 3.05) is 25.6 Å². The predicted molar refractivity (Wildman–Crippen MR) is 77.5 cm³/mol. The fourth-order valence-corrected chi connectivity index (χ4v) is 1.63. The van der Waals surface area contributed by atoms with E-state index in [-0.39, 0.29) is 11.9 Å². The maximum absolute atomic E-state index is 11.8. The van der Waals surface area contributed by atoms with Crippen LogP contribution in [0.1, 0.15) is 23.7 Å². The van der Waals surface area contributed by atoms with Gasteiger partial charge in [0.05, 0.1) is 0 Å². The summed E-state index contributed by atoms with van der Waals surface area (Å²) in [5, 5.41) is 5.86. The van der Waals surface area contributed by atoms with Crippen molar-refractivity contribution < 1.29 is 14.3 Å². The Labute approximate surface area is 118 Å². The van der Waals surface area contributed by atoms with Crippen LogP contribution in [0.15, 0.2) is 24.3 Å². The average molecular weight is 279 g/mol. The van der Waals surface area contributed by atoms with E-state index in [2.05, 4.69) is 10.6 Å². The third-order valence-electron chi connectivity index (χ3n) is 2.77. The molecule has 1 unspecified atom stereocenters. The van der Waals surface area contributed by atoms with E-state index in [4.69, 9.17) is 10.5 Å². The number of hydrogen-bond donors (Lipinski definition) is 3. The highest BCUT2D eigenvalue weighted by atomic mass is 16.5. The van der Waals surface area contributed by atoms with E-state index in [1.165, 1.54) is 0 Å². The van der Waals surface area contributed by atoms with Crippen molar-refractivity contribution in [1.82, 2.24) is 5.32 Å². The van der Waals surface area contributed by atoms with Gasteiger partial charge < -0.3 is 21.1 Å².